The molecule has 0 N–H and O–H groups in total. The molecule has 0 saturated heterocycles. The highest BCUT2D eigenvalue weighted by Crippen LogP contribution is 2.34. The molecule has 1 aliphatic rings. The Morgan fingerprint density at radius 1 is 0.441 bits per heavy atom. The van der Waals surface area contributed by atoms with Crippen LogP contribution in [0.4, 0.5) is 0 Å². The van der Waals surface area contributed by atoms with E-state index in [2.05, 4.69) is 134 Å². The number of fused-ring (bicyclic) bond motifs is 6. The van der Waals surface area contributed by atoms with Gasteiger partial charge in [0.1, 0.15) is 0 Å². The van der Waals surface area contributed by atoms with E-state index < -0.39 is 8.07 Å². The average Bonchev–Trinajstić information content (AvgIpc) is 3.17. The first kappa shape index (κ1) is 19.5. The Morgan fingerprint density at radius 2 is 1.06 bits per heavy atom. The van der Waals surface area contributed by atoms with E-state index in [0.29, 0.717) is 0 Å². The standard InChI is InChI=1S/C33H24Si/c1-23-16-19-29-31-21-25-18-17-24-10-8-9-15-28(24)30(25)22-33(31)34(32(29)20-23,26-11-4-2-5-12-26)27-13-6-3-7-14-27/h2-22H,1H3. The van der Waals surface area contributed by atoms with Crippen molar-refractivity contribution in [3.8, 4) is 11.1 Å². The lowest BCUT2D eigenvalue weighted by Crippen LogP contribution is -2.72. The van der Waals surface area contributed by atoms with Gasteiger partial charge in [0.25, 0.3) is 0 Å². The van der Waals surface area contributed by atoms with Gasteiger partial charge in [-0.1, -0.05) is 127 Å². The predicted molar refractivity (Wildman–Crippen MR) is 149 cm³/mol. The number of benzene rings is 6. The Bertz CT molecular complexity index is 1660. The van der Waals surface area contributed by atoms with Crippen molar-refractivity contribution >= 4 is 50.4 Å². The summed E-state index contributed by atoms with van der Waals surface area (Å²) in [4.78, 5) is 0. The lowest BCUT2D eigenvalue weighted by atomic mass is 9.97. The summed E-state index contributed by atoms with van der Waals surface area (Å²) in [6.07, 6.45) is 0. The van der Waals surface area contributed by atoms with Gasteiger partial charge in [-0.25, -0.2) is 0 Å². The Labute approximate surface area is 201 Å². The molecule has 7 rings (SSSR count). The van der Waals surface area contributed by atoms with Crippen molar-refractivity contribution in [1.82, 2.24) is 0 Å². The summed E-state index contributed by atoms with van der Waals surface area (Å²) in [7, 11) is -2.46. The van der Waals surface area contributed by atoms with Crippen LogP contribution in [0.5, 0.6) is 0 Å². The number of hydrogen-bond donors (Lipinski definition) is 0. The lowest BCUT2D eigenvalue weighted by molar-refractivity contribution is 1.49. The zero-order chi connectivity index (χ0) is 22.7. The average molecular weight is 449 g/mol. The van der Waals surface area contributed by atoms with Crippen molar-refractivity contribution < 1.29 is 0 Å². The molecule has 0 bridgehead atoms. The van der Waals surface area contributed by atoms with Gasteiger partial charge < -0.3 is 0 Å². The molecule has 1 aliphatic heterocycles. The maximum atomic E-state index is 2.54. The minimum Gasteiger partial charge on any atom is -0.0623 e. The van der Waals surface area contributed by atoms with Crippen molar-refractivity contribution in [2.45, 2.75) is 6.92 Å². The number of aryl methyl sites for hydroxylation is 1. The molecule has 0 radical (unpaired) electrons. The van der Waals surface area contributed by atoms with Gasteiger partial charge in [-0.3, -0.25) is 0 Å². The molecule has 0 amide bonds. The molecular formula is C33H24Si. The van der Waals surface area contributed by atoms with Gasteiger partial charge in [0, 0.05) is 0 Å². The summed E-state index contributed by atoms with van der Waals surface area (Å²) in [6.45, 7) is 2.22. The number of hydrogen-bond acceptors (Lipinski definition) is 0. The fourth-order valence-corrected chi connectivity index (χ4v) is 11.4. The second-order valence-electron chi connectivity index (χ2n) is 9.44. The van der Waals surface area contributed by atoms with Gasteiger partial charge in [0.2, 0.25) is 0 Å². The zero-order valence-electron chi connectivity index (χ0n) is 19.1. The summed E-state index contributed by atoms with van der Waals surface area (Å²) >= 11 is 0. The van der Waals surface area contributed by atoms with Gasteiger partial charge in [-0.2, -0.15) is 0 Å². The maximum absolute atomic E-state index is 2.54. The highest BCUT2D eigenvalue weighted by molar-refractivity contribution is 7.22. The van der Waals surface area contributed by atoms with E-state index in [-0.39, 0.29) is 0 Å². The topological polar surface area (TPSA) is 0 Å². The maximum Gasteiger partial charge on any atom is 0.180 e. The molecule has 0 fully saturated rings. The second kappa shape index (κ2) is 7.28. The quantitative estimate of drug-likeness (QED) is 0.236. The van der Waals surface area contributed by atoms with Crippen LogP contribution < -0.4 is 20.7 Å². The van der Waals surface area contributed by atoms with Crippen LogP contribution in [0.3, 0.4) is 0 Å². The van der Waals surface area contributed by atoms with Gasteiger partial charge in [0.15, 0.2) is 8.07 Å². The second-order valence-corrected chi connectivity index (χ2v) is 13.2. The molecule has 1 heteroatoms. The lowest BCUT2D eigenvalue weighted by Gasteiger charge is -2.31. The third kappa shape index (κ3) is 2.59. The minimum atomic E-state index is -2.46. The van der Waals surface area contributed by atoms with Crippen molar-refractivity contribution in [2.75, 3.05) is 0 Å². The van der Waals surface area contributed by atoms with Gasteiger partial charge in [0.05, 0.1) is 0 Å². The van der Waals surface area contributed by atoms with E-state index in [1.54, 1.807) is 0 Å². The Morgan fingerprint density at radius 3 is 1.79 bits per heavy atom. The molecule has 0 spiro atoms. The summed E-state index contributed by atoms with van der Waals surface area (Å²) in [5.74, 6) is 0. The Kier molecular flexibility index (Phi) is 4.18. The van der Waals surface area contributed by atoms with E-state index in [1.807, 2.05) is 0 Å². The van der Waals surface area contributed by atoms with Crippen LogP contribution in [0.15, 0.2) is 127 Å². The van der Waals surface area contributed by atoms with Crippen LogP contribution in [0.2, 0.25) is 0 Å². The Hall–Kier alpha value is -3.94. The molecule has 160 valence electrons. The smallest absolute Gasteiger partial charge is 0.0623 e. The van der Waals surface area contributed by atoms with Crippen LogP contribution in [0.25, 0.3) is 32.7 Å². The monoisotopic (exact) mass is 448 g/mol. The van der Waals surface area contributed by atoms with Crippen molar-refractivity contribution in [2.24, 2.45) is 0 Å². The molecule has 0 unspecified atom stereocenters. The first-order valence-electron chi connectivity index (χ1n) is 12.0. The predicted octanol–water partition coefficient (Wildman–Crippen LogP) is 5.66. The molecule has 0 aromatic heterocycles. The molecule has 34 heavy (non-hydrogen) atoms. The van der Waals surface area contributed by atoms with Crippen LogP contribution in [0, 0.1) is 6.92 Å². The van der Waals surface area contributed by atoms with Crippen LogP contribution in [0.1, 0.15) is 5.56 Å². The Balaban J connectivity index is 1.71. The molecule has 6 aromatic rings. The summed E-state index contributed by atoms with van der Waals surface area (Å²) in [6, 6.07) is 47.9. The van der Waals surface area contributed by atoms with Crippen molar-refractivity contribution in [3.63, 3.8) is 0 Å². The SMILES string of the molecule is Cc1ccc2c(c1)[Si](c1ccccc1)(c1ccccc1)c1cc3c(ccc4ccccc43)cc1-2. The molecule has 0 aliphatic carbocycles. The van der Waals surface area contributed by atoms with E-state index in [1.165, 1.54) is 59.0 Å². The first-order chi connectivity index (χ1) is 16.8. The molecule has 1 heterocycles. The van der Waals surface area contributed by atoms with Crippen LogP contribution >= 0.6 is 0 Å². The van der Waals surface area contributed by atoms with E-state index in [9.17, 15) is 0 Å². The highest BCUT2D eigenvalue weighted by atomic mass is 28.3. The van der Waals surface area contributed by atoms with Crippen LogP contribution in [-0.2, 0) is 0 Å². The number of rotatable bonds is 2. The van der Waals surface area contributed by atoms with Crippen molar-refractivity contribution in [1.29, 1.82) is 0 Å². The summed E-state index contributed by atoms with van der Waals surface area (Å²) in [5, 5.41) is 11.2. The van der Waals surface area contributed by atoms with Crippen LogP contribution in [-0.4, -0.2) is 8.07 Å². The van der Waals surface area contributed by atoms with Gasteiger partial charge in [-0.15, -0.1) is 0 Å². The van der Waals surface area contributed by atoms with Crippen molar-refractivity contribution in [3.05, 3.63) is 133 Å². The van der Waals surface area contributed by atoms with E-state index in [0.717, 1.165) is 0 Å². The molecule has 0 atom stereocenters. The third-order valence-electron chi connectivity index (χ3n) is 7.57. The fourth-order valence-electron chi connectivity index (χ4n) is 6.10. The molecule has 0 saturated carbocycles. The minimum absolute atomic E-state index is 1.30. The zero-order valence-corrected chi connectivity index (χ0v) is 20.1. The first-order valence-corrected chi connectivity index (χ1v) is 14.0. The summed E-state index contributed by atoms with van der Waals surface area (Å²) in [5.41, 5.74) is 4.12. The van der Waals surface area contributed by atoms with E-state index in [4.69, 9.17) is 0 Å². The van der Waals surface area contributed by atoms with Gasteiger partial charge in [-0.05, 0) is 66.4 Å². The fraction of sp³-hybridized carbons (Fsp3) is 0.0303. The van der Waals surface area contributed by atoms with E-state index >= 15 is 0 Å². The highest BCUT2D eigenvalue weighted by Gasteiger charge is 2.48. The molecule has 6 aromatic carbocycles. The molecule has 0 nitrogen and oxygen atoms in total. The van der Waals surface area contributed by atoms with Gasteiger partial charge >= 0.3 is 0 Å². The third-order valence-corrected chi connectivity index (χ3v) is 12.4. The summed E-state index contributed by atoms with van der Waals surface area (Å²) < 4.78 is 0. The normalized spacial score (nSPS) is 13.7. The largest absolute Gasteiger partial charge is 0.180 e. The molecular weight excluding hydrogens is 424 g/mol.